The molecule has 1 aromatic carbocycles. The van der Waals surface area contributed by atoms with Crippen LogP contribution in [0.4, 0.5) is 0 Å². The van der Waals surface area contributed by atoms with Crippen LogP contribution < -0.4 is 5.73 Å². The first-order valence-electron chi connectivity index (χ1n) is 6.28. The van der Waals surface area contributed by atoms with Gasteiger partial charge in [-0.25, -0.2) is 0 Å². The highest BCUT2D eigenvalue weighted by Crippen LogP contribution is 2.25. The largest absolute Gasteiger partial charge is 0.320 e. The average Bonchev–Trinajstić information content (AvgIpc) is 2.25. The van der Waals surface area contributed by atoms with E-state index in [1.807, 2.05) is 6.07 Å². The summed E-state index contributed by atoms with van der Waals surface area (Å²) in [6.45, 7) is 1.41. The van der Waals surface area contributed by atoms with Crippen LogP contribution in [0.15, 0.2) is 24.3 Å². The van der Waals surface area contributed by atoms with Gasteiger partial charge in [-0.2, -0.15) is 0 Å². The van der Waals surface area contributed by atoms with Gasteiger partial charge in [0.2, 0.25) is 0 Å². The fourth-order valence-electron chi connectivity index (χ4n) is 2.15. The van der Waals surface area contributed by atoms with Crippen molar-refractivity contribution >= 4 is 0 Å². The minimum absolute atomic E-state index is 0.423. The van der Waals surface area contributed by atoms with Crippen molar-refractivity contribution in [2.45, 2.75) is 31.8 Å². The van der Waals surface area contributed by atoms with E-state index in [1.54, 1.807) is 0 Å². The predicted octanol–water partition coefficient (Wildman–Crippen LogP) is 1.98. The molecule has 2 rings (SSSR count). The Morgan fingerprint density at radius 3 is 2.76 bits per heavy atom. The molecule has 0 spiro atoms. The summed E-state index contributed by atoms with van der Waals surface area (Å²) in [6.07, 6.45) is 4.06. The number of benzene rings is 1. The summed E-state index contributed by atoms with van der Waals surface area (Å²) in [6, 6.07) is 9.12. The molecule has 0 aromatic heterocycles. The van der Waals surface area contributed by atoms with Crippen LogP contribution in [0.2, 0.25) is 0 Å². The van der Waals surface area contributed by atoms with Gasteiger partial charge in [-0.1, -0.05) is 36.5 Å². The van der Waals surface area contributed by atoms with Gasteiger partial charge in [-0.15, -0.1) is 0 Å². The van der Waals surface area contributed by atoms with Crippen LogP contribution in [0.3, 0.4) is 0 Å². The summed E-state index contributed by atoms with van der Waals surface area (Å²) < 4.78 is 0. The standard InChI is InChI=1S/C15H20N2/c1-17(15-9-4-10-15)12-14-7-3-2-6-13(14)8-5-11-16/h2-3,6-7,15H,4,9-12,16H2,1H3. The third-order valence-corrected chi connectivity index (χ3v) is 3.46. The van der Waals surface area contributed by atoms with Gasteiger partial charge in [0.15, 0.2) is 0 Å². The Morgan fingerprint density at radius 1 is 1.35 bits per heavy atom. The Hall–Kier alpha value is -1.30. The van der Waals surface area contributed by atoms with Gasteiger partial charge in [-0.05, 0) is 31.5 Å². The number of nitrogens with zero attached hydrogens (tertiary/aromatic N) is 1. The first-order valence-corrected chi connectivity index (χ1v) is 6.28. The first-order chi connectivity index (χ1) is 8.31. The zero-order valence-electron chi connectivity index (χ0n) is 10.4. The molecule has 0 aliphatic heterocycles. The lowest BCUT2D eigenvalue weighted by atomic mass is 9.91. The molecule has 0 bridgehead atoms. The summed E-state index contributed by atoms with van der Waals surface area (Å²) in [4.78, 5) is 2.44. The van der Waals surface area contributed by atoms with Crippen LogP contribution in [0.1, 0.15) is 30.4 Å². The average molecular weight is 228 g/mol. The molecule has 1 aliphatic rings. The topological polar surface area (TPSA) is 29.3 Å². The maximum atomic E-state index is 5.42. The summed E-state index contributed by atoms with van der Waals surface area (Å²) in [5.41, 5.74) is 7.85. The quantitative estimate of drug-likeness (QED) is 0.802. The van der Waals surface area contributed by atoms with Gasteiger partial charge in [-0.3, -0.25) is 4.90 Å². The highest BCUT2D eigenvalue weighted by molar-refractivity contribution is 5.41. The minimum Gasteiger partial charge on any atom is -0.320 e. The van der Waals surface area contributed by atoms with E-state index in [2.05, 4.69) is 42.0 Å². The second-order valence-electron chi connectivity index (χ2n) is 4.66. The Bertz CT molecular complexity index is 424. The lowest BCUT2D eigenvalue weighted by Gasteiger charge is -2.34. The third kappa shape index (κ3) is 3.09. The van der Waals surface area contributed by atoms with Crippen molar-refractivity contribution in [1.82, 2.24) is 4.90 Å². The zero-order valence-corrected chi connectivity index (χ0v) is 10.4. The second kappa shape index (κ2) is 5.86. The molecule has 17 heavy (non-hydrogen) atoms. The molecule has 0 atom stereocenters. The highest BCUT2D eigenvalue weighted by Gasteiger charge is 2.22. The molecule has 1 aliphatic carbocycles. The van der Waals surface area contributed by atoms with Crippen LogP contribution in [0, 0.1) is 11.8 Å². The van der Waals surface area contributed by atoms with Gasteiger partial charge < -0.3 is 5.73 Å². The molecule has 0 heterocycles. The fourth-order valence-corrected chi connectivity index (χ4v) is 2.15. The molecule has 1 fully saturated rings. The molecule has 1 aromatic rings. The first kappa shape index (κ1) is 12.2. The van der Waals surface area contributed by atoms with Crippen LogP contribution in [0.5, 0.6) is 0 Å². The Balaban J connectivity index is 2.08. The van der Waals surface area contributed by atoms with Crippen LogP contribution in [-0.2, 0) is 6.54 Å². The number of hydrogen-bond donors (Lipinski definition) is 1. The van der Waals surface area contributed by atoms with Crippen LogP contribution in [-0.4, -0.2) is 24.5 Å². The lowest BCUT2D eigenvalue weighted by molar-refractivity contribution is 0.152. The third-order valence-electron chi connectivity index (χ3n) is 3.46. The lowest BCUT2D eigenvalue weighted by Crippen LogP contribution is -2.36. The maximum absolute atomic E-state index is 5.42. The smallest absolute Gasteiger partial charge is 0.0555 e. The van der Waals surface area contributed by atoms with Crippen LogP contribution >= 0.6 is 0 Å². The summed E-state index contributed by atoms with van der Waals surface area (Å²) in [5, 5.41) is 0. The minimum atomic E-state index is 0.423. The Morgan fingerprint density at radius 2 is 2.12 bits per heavy atom. The van der Waals surface area contributed by atoms with E-state index in [-0.39, 0.29) is 0 Å². The van der Waals surface area contributed by atoms with E-state index < -0.39 is 0 Å². The molecule has 2 heteroatoms. The second-order valence-corrected chi connectivity index (χ2v) is 4.66. The normalized spacial score (nSPS) is 15.2. The van der Waals surface area contributed by atoms with Gasteiger partial charge in [0.25, 0.3) is 0 Å². The van der Waals surface area contributed by atoms with Crippen molar-refractivity contribution < 1.29 is 0 Å². The highest BCUT2D eigenvalue weighted by atomic mass is 15.1. The van der Waals surface area contributed by atoms with E-state index in [4.69, 9.17) is 5.73 Å². The monoisotopic (exact) mass is 228 g/mol. The van der Waals surface area contributed by atoms with Crippen molar-refractivity contribution in [1.29, 1.82) is 0 Å². The Labute approximate surface area is 104 Å². The zero-order chi connectivity index (χ0) is 12.1. The molecular formula is C15H20N2. The molecule has 1 saturated carbocycles. The van der Waals surface area contributed by atoms with Crippen molar-refractivity contribution in [3.8, 4) is 11.8 Å². The van der Waals surface area contributed by atoms with Crippen molar-refractivity contribution in [2.24, 2.45) is 5.73 Å². The predicted molar refractivity (Wildman–Crippen MR) is 71.5 cm³/mol. The van der Waals surface area contributed by atoms with Gasteiger partial charge in [0.1, 0.15) is 0 Å². The van der Waals surface area contributed by atoms with Crippen molar-refractivity contribution in [3.63, 3.8) is 0 Å². The van der Waals surface area contributed by atoms with Crippen molar-refractivity contribution in [2.75, 3.05) is 13.6 Å². The SMILES string of the molecule is CN(Cc1ccccc1C#CCN)C1CCC1. The van der Waals surface area contributed by atoms with Gasteiger partial charge >= 0.3 is 0 Å². The summed E-state index contributed by atoms with van der Waals surface area (Å²) in [7, 11) is 2.21. The molecule has 90 valence electrons. The molecular weight excluding hydrogens is 208 g/mol. The number of rotatable bonds is 3. The Kier molecular flexibility index (Phi) is 4.19. The molecule has 2 nitrogen and oxygen atoms in total. The molecule has 0 amide bonds. The van der Waals surface area contributed by atoms with E-state index in [0.717, 1.165) is 18.2 Å². The maximum Gasteiger partial charge on any atom is 0.0555 e. The number of hydrogen-bond acceptors (Lipinski definition) is 2. The molecule has 0 radical (unpaired) electrons. The fraction of sp³-hybridized carbons (Fsp3) is 0.467. The molecule has 2 N–H and O–H groups in total. The van der Waals surface area contributed by atoms with Gasteiger partial charge in [0, 0.05) is 18.2 Å². The van der Waals surface area contributed by atoms with E-state index in [9.17, 15) is 0 Å². The van der Waals surface area contributed by atoms with E-state index in [0.29, 0.717) is 6.54 Å². The van der Waals surface area contributed by atoms with Gasteiger partial charge in [0.05, 0.1) is 6.54 Å². The number of nitrogens with two attached hydrogens (primary N) is 1. The summed E-state index contributed by atoms with van der Waals surface area (Å²) >= 11 is 0. The van der Waals surface area contributed by atoms with E-state index >= 15 is 0 Å². The van der Waals surface area contributed by atoms with Crippen molar-refractivity contribution in [3.05, 3.63) is 35.4 Å². The van der Waals surface area contributed by atoms with E-state index in [1.165, 1.54) is 24.8 Å². The molecule has 0 saturated heterocycles. The van der Waals surface area contributed by atoms with Crippen LogP contribution in [0.25, 0.3) is 0 Å². The molecule has 0 unspecified atom stereocenters. The summed E-state index contributed by atoms with van der Waals surface area (Å²) in [5.74, 6) is 6.09.